The number of rotatable bonds is 9. The fourth-order valence-electron chi connectivity index (χ4n) is 4.66. The lowest BCUT2D eigenvalue weighted by Gasteiger charge is -2.35. The van der Waals surface area contributed by atoms with E-state index in [0.29, 0.717) is 16.1 Å². The molecule has 0 aliphatic carbocycles. The lowest BCUT2D eigenvalue weighted by atomic mass is 9.81. The molecule has 3 aromatic rings. The molecule has 0 saturated heterocycles. The Balaban J connectivity index is 1.80. The van der Waals surface area contributed by atoms with E-state index in [0.717, 1.165) is 18.7 Å². The van der Waals surface area contributed by atoms with Gasteiger partial charge in [0, 0.05) is 23.3 Å². The first kappa shape index (κ1) is 28.3. The lowest BCUT2D eigenvalue weighted by molar-refractivity contribution is -0.139. The van der Waals surface area contributed by atoms with Crippen LogP contribution in [0, 0.1) is 11.3 Å². The zero-order valence-electron chi connectivity index (χ0n) is 22.4. The van der Waals surface area contributed by atoms with E-state index >= 15 is 0 Å². The van der Waals surface area contributed by atoms with Gasteiger partial charge < -0.3 is 19.8 Å². The van der Waals surface area contributed by atoms with Crippen molar-refractivity contribution in [3.05, 3.63) is 101 Å². The van der Waals surface area contributed by atoms with Gasteiger partial charge in [-0.2, -0.15) is 5.26 Å². The van der Waals surface area contributed by atoms with Crippen LogP contribution in [0.15, 0.2) is 94.7 Å². The number of aryl methyl sites for hydroxylation is 1. The van der Waals surface area contributed by atoms with Gasteiger partial charge in [-0.15, -0.1) is 0 Å². The topological polar surface area (TPSA) is 141 Å². The number of anilines is 1. The minimum absolute atomic E-state index is 0.0401. The van der Waals surface area contributed by atoms with Gasteiger partial charge in [-0.1, -0.05) is 37.3 Å². The van der Waals surface area contributed by atoms with Crippen LogP contribution in [0.25, 0.3) is 0 Å². The molecular formula is C29H29N5O5S. The number of nitrogens with zero attached hydrogens (tertiary/aromatic N) is 4. The molecule has 2 heterocycles. The second-order valence-corrected chi connectivity index (χ2v) is 10.3. The highest BCUT2D eigenvalue weighted by Gasteiger charge is 2.43. The molecule has 206 valence electrons. The summed E-state index contributed by atoms with van der Waals surface area (Å²) in [5, 5.41) is 10.2. The molecule has 0 amide bonds. The summed E-state index contributed by atoms with van der Waals surface area (Å²) in [6, 6.07) is 17.5. The number of nitrogens with two attached hydrogens (primary N) is 1. The first-order valence-corrected chi connectivity index (χ1v) is 13.8. The molecule has 40 heavy (non-hydrogen) atoms. The number of nitriles is 1. The summed E-state index contributed by atoms with van der Waals surface area (Å²) in [4.78, 5) is 32.4. The Morgan fingerprint density at radius 3 is 2.35 bits per heavy atom. The number of imidazole rings is 1. The van der Waals surface area contributed by atoms with E-state index in [1.54, 1.807) is 67.1 Å². The van der Waals surface area contributed by atoms with E-state index in [-0.39, 0.29) is 28.4 Å². The van der Waals surface area contributed by atoms with Crippen LogP contribution in [0.5, 0.6) is 0 Å². The standard InChI is InChI=1S/C29H29N5O5S/c1-4-14-33-18-32-16-21(33)17-40(37)22-12-10-20(11-13-22)34-26(29(36)39-3)25(28(35)38-2)24(23(15-30)27(34)31)19-8-6-5-7-9-19/h5-13,16,18,24H,4,14,17,31H2,1-3H3. The zero-order valence-corrected chi connectivity index (χ0v) is 23.2. The monoisotopic (exact) mass is 559 g/mol. The highest BCUT2D eigenvalue weighted by Crippen LogP contribution is 2.43. The molecule has 4 rings (SSSR count). The molecule has 2 unspecified atom stereocenters. The van der Waals surface area contributed by atoms with Crippen molar-refractivity contribution < 1.29 is 23.3 Å². The third kappa shape index (κ3) is 5.39. The smallest absolute Gasteiger partial charge is 0.355 e. The number of ether oxygens (including phenoxy) is 2. The van der Waals surface area contributed by atoms with Crippen molar-refractivity contribution in [1.29, 1.82) is 5.26 Å². The SMILES string of the molecule is CCCn1cncc1CS(=O)c1ccc(N2C(N)=C(C#N)C(c3ccccc3)C(C(=O)OC)=C2C(=O)OC)cc1. The van der Waals surface area contributed by atoms with E-state index in [9.17, 15) is 19.1 Å². The normalized spacial score (nSPS) is 15.9. The Labute approximate surface area is 234 Å². The van der Waals surface area contributed by atoms with Gasteiger partial charge in [0.1, 0.15) is 11.5 Å². The Hall–Kier alpha value is -4.69. The Bertz CT molecular complexity index is 1540. The number of methoxy groups -OCH3 is 2. The summed E-state index contributed by atoms with van der Waals surface area (Å²) in [5.74, 6) is -2.35. The van der Waals surface area contributed by atoms with Crippen LogP contribution in [0.4, 0.5) is 5.69 Å². The van der Waals surface area contributed by atoms with Crippen molar-refractivity contribution in [2.45, 2.75) is 36.5 Å². The average Bonchev–Trinajstić information content (AvgIpc) is 3.42. The van der Waals surface area contributed by atoms with Crippen molar-refractivity contribution in [1.82, 2.24) is 9.55 Å². The van der Waals surface area contributed by atoms with Crippen molar-refractivity contribution >= 4 is 28.4 Å². The summed E-state index contributed by atoms with van der Waals surface area (Å²) < 4.78 is 25.2. The molecule has 11 heteroatoms. The Morgan fingerprint density at radius 1 is 1.07 bits per heavy atom. The number of esters is 2. The molecule has 2 aromatic carbocycles. The number of hydrogen-bond donors (Lipinski definition) is 1. The van der Waals surface area contributed by atoms with Gasteiger partial charge in [0.2, 0.25) is 0 Å². The maximum Gasteiger partial charge on any atom is 0.355 e. The van der Waals surface area contributed by atoms with Gasteiger partial charge in [-0.05, 0) is 36.2 Å². The van der Waals surface area contributed by atoms with E-state index in [2.05, 4.69) is 18.0 Å². The lowest BCUT2D eigenvalue weighted by Crippen LogP contribution is -2.40. The number of allylic oxidation sites excluding steroid dienone is 1. The summed E-state index contributed by atoms with van der Waals surface area (Å²) in [6.07, 6.45) is 4.35. The van der Waals surface area contributed by atoms with Crippen LogP contribution < -0.4 is 10.6 Å². The largest absolute Gasteiger partial charge is 0.466 e. The zero-order chi connectivity index (χ0) is 28.8. The van der Waals surface area contributed by atoms with Gasteiger partial charge in [0.25, 0.3) is 0 Å². The first-order chi connectivity index (χ1) is 19.4. The second kappa shape index (κ2) is 12.4. The molecule has 0 spiro atoms. The molecule has 10 nitrogen and oxygen atoms in total. The molecule has 2 N–H and O–H groups in total. The minimum Gasteiger partial charge on any atom is -0.466 e. The van der Waals surface area contributed by atoms with E-state index in [1.165, 1.54) is 19.1 Å². The van der Waals surface area contributed by atoms with Crippen LogP contribution in [-0.2, 0) is 42.2 Å². The molecule has 1 aromatic heterocycles. The number of hydrogen-bond acceptors (Lipinski definition) is 9. The number of carbonyl (C=O) groups excluding carboxylic acids is 2. The van der Waals surface area contributed by atoms with Crippen LogP contribution >= 0.6 is 0 Å². The predicted molar refractivity (Wildman–Crippen MR) is 149 cm³/mol. The summed E-state index contributed by atoms with van der Waals surface area (Å²) >= 11 is 0. The first-order valence-electron chi connectivity index (χ1n) is 12.5. The number of benzene rings is 2. The average molecular weight is 560 g/mol. The third-order valence-corrected chi connectivity index (χ3v) is 7.87. The summed E-state index contributed by atoms with van der Waals surface area (Å²) in [7, 11) is 1.01. The fraction of sp³-hybridized carbons (Fsp3) is 0.241. The number of carbonyl (C=O) groups is 2. The maximum atomic E-state index is 13.2. The van der Waals surface area contributed by atoms with Crippen LogP contribution in [-0.4, -0.2) is 39.9 Å². The molecule has 1 aliphatic rings. The summed E-state index contributed by atoms with van der Waals surface area (Å²) in [5.41, 5.74) is 8.16. The maximum absolute atomic E-state index is 13.2. The molecule has 0 fully saturated rings. The fourth-order valence-corrected chi connectivity index (χ4v) is 5.77. The third-order valence-electron chi connectivity index (χ3n) is 6.51. The number of aromatic nitrogens is 2. The minimum atomic E-state index is -1.38. The molecule has 0 saturated carbocycles. The Morgan fingerprint density at radius 2 is 1.75 bits per heavy atom. The van der Waals surface area contributed by atoms with Gasteiger partial charge in [0.15, 0.2) is 0 Å². The second-order valence-electron chi connectivity index (χ2n) is 8.90. The molecule has 0 radical (unpaired) electrons. The van der Waals surface area contributed by atoms with Crippen molar-refractivity contribution in [3.8, 4) is 6.07 Å². The van der Waals surface area contributed by atoms with Crippen LogP contribution in [0.2, 0.25) is 0 Å². The predicted octanol–water partition coefficient (Wildman–Crippen LogP) is 3.50. The molecular weight excluding hydrogens is 530 g/mol. The Kier molecular flexibility index (Phi) is 8.81. The van der Waals surface area contributed by atoms with Crippen molar-refractivity contribution in [2.75, 3.05) is 19.1 Å². The quantitative estimate of drug-likeness (QED) is 0.390. The van der Waals surface area contributed by atoms with E-state index in [1.807, 2.05) is 4.57 Å². The molecule has 2 atom stereocenters. The molecule has 1 aliphatic heterocycles. The highest BCUT2D eigenvalue weighted by atomic mass is 32.2. The van der Waals surface area contributed by atoms with Gasteiger partial charge in [0.05, 0.1) is 65.9 Å². The van der Waals surface area contributed by atoms with Gasteiger partial charge in [-0.25, -0.2) is 14.6 Å². The van der Waals surface area contributed by atoms with Crippen molar-refractivity contribution in [2.24, 2.45) is 5.73 Å². The molecule has 0 bridgehead atoms. The van der Waals surface area contributed by atoms with Crippen LogP contribution in [0.1, 0.15) is 30.5 Å². The summed E-state index contributed by atoms with van der Waals surface area (Å²) in [6.45, 7) is 2.84. The highest BCUT2D eigenvalue weighted by molar-refractivity contribution is 7.84. The van der Waals surface area contributed by atoms with Gasteiger partial charge in [-0.3, -0.25) is 9.11 Å². The van der Waals surface area contributed by atoms with Crippen molar-refractivity contribution in [3.63, 3.8) is 0 Å². The van der Waals surface area contributed by atoms with E-state index < -0.39 is 28.7 Å². The van der Waals surface area contributed by atoms with E-state index in [4.69, 9.17) is 15.2 Å². The van der Waals surface area contributed by atoms with Gasteiger partial charge >= 0.3 is 11.9 Å². The van der Waals surface area contributed by atoms with Crippen LogP contribution in [0.3, 0.4) is 0 Å².